The van der Waals surface area contributed by atoms with Crippen molar-refractivity contribution in [3.63, 3.8) is 0 Å². The van der Waals surface area contributed by atoms with Gasteiger partial charge >= 0.3 is 0 Å². The molecule has 0 spiro atoms. The van der Waals surface area contributed by atoms with Gasteiger partial charge in [-0.15, -0.1) is 0 Å². The van der Waals surface area contributed by atoms with Crippen LogP contribution in [0.2, 0.25) is 0 Å². The minimum absolute atomic E-state index is 0.220. The zero-order valence-electron chi connectivity index (χ0n) is 14.5. The summed E-state index contributed by atoms with van der Waals surface area (Å²) in [5, 5.41) is 0.419. The molecule has 3 aromatic rings. The van der Waals surface area contributed by atoms with E-state index < -0.39 is 5.91 Å². The van der Waals surface area contributed by atoms with Crippen molar-refractivity contribution < 1.29 is 14.3 Å². The fraction of sp³-hybridized carbons (Fsp3) is 0.211. The van der Waals surface area contributed by atoms with Gasteiger partial charge in [0.2, 0.25) is 0 Å². The average molecular weight is 353 g/mol. The van der Waals surface area contributed by atoms with Crippen LogP contribution in [0.3, 0.4) is 0 Å². The zero-order valence-corrected chi connectivity index (χ0v) is 14.5. The van der Waals surface area contributed by atoms with Crippen LogP contribution in [0, 0.1) is 6.92 Å². The summed E-state index contributed by atoms with van der Waals surface area (Å²) < 4.78 is 10.9. The molecule has 0 aliphatic heterocycles. The van der Waals surface area contributed by atoms with Gasteiger partial charge in [0.05, 0.1) is 12.1 Å². The molecular formula is C19H19N3O4. The quantitative estimate of drug-likeness (QED) is 0.706. The Balaban J connectivity index is 2.08. The highest BCUT2D eigenvalue weighted by atomic mass is 16.5. The highest BCUT2D eigenvalue weighted by Crippen LogP contribution is 2.26. The van der Waals surface area contributed by atoms with Gasteiger partial charge in [0.15, 0.2) is 6.61 Å². The summed E-state index contributed by atoms with van der Waals surface area (Å²) in [6.45, 7) is 4.02. The standard InChI is InChI=1S/C19H19N3O4/c1-3-25-15-8-11(2)7-14-17(15)19(24)22-18(21-14)12-5-4-6-13(9-12)26-10-16(20)23/h4-9H,3,10H2,1-2H3,(H2,20,23)(H,21,22,24). The number of carbonyl (C=O) groups excluding carboxylic acids is 1. The average Bonchev–Trinajstić information content (AvgIpc) is 2.59. The first-order valence-corrected chi connectivity index (χ1v) is 8.17. The third-order valence-electron chi connectivity index (χ3n) is 3.71. The number of aryl methyl sites for hydroxylation is 1. The number of aromatic nitrogens is 2. The SMILES string of the molecule is CCOc1cc(C)cc2nc(-c3cccc(OCC(N)=O)c3)[nH]c(=O)c12. The molecule has 134 valence electrons. The van der Waals surface area contributed by atoms with Crippen LogP contribution in [0.4, 0.5) is 0 Å². The lowest BCUT2D eigenvalue weighted by Gasteiger charge is -2.10. The van der Waals surface area contributed by atoms with Gasteiger partial charge in [0.25, 0.3) is 11.5 Å². The van der Waals surface area contributed by atoms with Crippen LogP contribution in [0.1, 0.15) is 12.5 Å². The maximum absolute atomic E-state index is 12.6. The van der Waals surface area contributed by atoms with Crippen molar-refractivity contribution in [2.45, 2.75) is 13.8 Å². The number of nitrogens with zero attached hydrogens (tertiary/aromatic N) is 1. The number of benzene rings is 2. The second-order valence-corrected chi connectivity index (χ2v) is 5.79. The summed E-state index contributed by atoms with van der Waals surface area (Å²) in [6.07, 6.45) is 0. The molecule has 0 unspecified atom stereocenters. The van der Waals surface area contributed by atoms with Crippen LogP contribution in [-0.2, 0) is 4.79 Å². The Morgan fingerprint density at radius 2 is 2.04 bits per heavy atom. The first-order chi connectivity index (χ1) is 12.5. The van der Waals surface area contributed by atoms with Crippen molar-refractivity contribution in [2.24, 2.45) is 5.73 Å². The summed E-state index contributed by atoms with van der Waals surface area (Å²) in [4.78, 5) is 30.8. The summed E-state index contributed by atoms with van der Waals surface area (Å²) in [5.74, 6) is 0.816. The molecule has 0 saturated carbocycles. The van der Waals surface area contributed by atoms with Gasteiger partial charge < -0.3 is 20.2 Å². The van der Waals surface area contributed by atoms with Crippen molar-refractivity contribution in [2.75, 3.05) is 13.2 Å². The molecule has 0 saturated heterocycles. The largest absolute Gasteiger partial charge is 0.493 e. The summed E-state index contributed by atoms with van der Waals surface area (Å²) >= 11 is 0. The van der Waals surface area contributed by atoms with Crippen molar-refractivity contribution in [3.05, 3.63) is 52.3 Å². The molecule has 0 bridgehead atoms. The van der Waals surface area contributed by atoms with E-state index in [2.05, 4.69) is 9.97 Å². The third kappa shape index (κ3) is 3.66. The molecule has 0 radical (unpaired) electrons. The molecule has 1 aromatic heterocycles. The number of nitrogens with two attached hydrogens (primary N) is 1. The van der Waals surface area contributed by atoms with E-state index in [-0.39, 0.29) is 12.2 Å². The highest BCUT2D eigenvalue weighted by molar-refractivity contribution is 5.86. The van der Waals surface area contributed by atoms with Gasteiger partial charge in [-0.25, -0.2) is 4.98 Å². The van der Waals surface area contributed by atoms with Crippen LogP contribution in [0.15, 0.2) is 41.2 Å². The Morgan fingerprint density at radius 1 is 1.23 bits per heavy atom. The summed E-state index contributed by atoms with van der Waals surface area (Å²) in [5.41, 5.74) is 6.97. The van der Waals surface area contributed by atoms with Gasteiger partial charge in [-0.2, -0.15) is 0 Å². The number of rotatable bonds is 6. The van der Waals surface area contributed by atoms with Gasteiger partial charge in [-0.05, 0) is 43.7 Å². The fourth-order valence-corrected chi connectivity index (χ4v) is 2.66. The maximum atomic E-state index is 12.6. The smallest absolute Gasteiger partial charge is 0.262 e. The summed E-state index contributed by atoms with van der Waals surface area (Å²) in [7, 11) is 0. The monoisotopic (exact) mass is 353 g/mol. The van der Waals surface area contributed by atoms with E-state index in [1.165, 1.54) is 0 Å². The Labute approximate surface area is 149 Å². The number of hydrogen-bond donors (Lipinski definition) is 2. The number of ether oxygens (including phenoxy) is 2. The topological polar surface area (TPSA) is 107 Å². The predicted molar refractivity (Wildman–Crippen MR) is 98.4 cm³/mol. The van der Waals surface area contributed by atoms with E-state index in [0.29, 0.717) is 40.4 Å². The van der Waals surface area contributed by atoms with Crippen molar-refractivity contribution in [3.8, 4) is 22.9 Å². The Morgan fingerprint density at radius 3 is 2.77 bits per heavy atom. The first-order valence-electron chi connectivity index (χ1n) is 8.17. The second kappa shape index (κ2) is 7.26. The van der Waals surface area contributed by atoms with E-state index in [1.54, 1.807) is 24.3 Å². The van der Waals surface area contributed by atoms with Gasteiger partial charge in [-0.1, -0.05) is 12.1 Å². The van der Waals surface area contributed by atoms with E-state index in [4.69, 9.17) is 15.2 Å². The maximum Gasteiger partial charge on any atom is 0.262 e. The van der Waals surface area contributed by atoms with Gasteiger partial charge in [0.1, 0.15) is 22.7 Å². The number of nitrogens with one attached hydrogen (secondary N) is 1. The van der Waals surface area contributed by atoms with Crippen LogP contribution in [-0.4, -0.2) is 29.1 Å². The zero-order chi connectivity index (χ0) is 18.7. The highest BCUT2D eigenvalue weighted by Gasteiger charge is 2.12. The Kier molecular flexibility index (Phi) is 4.88. The van der Waals surface area contributed by atoms with E-state index >= 15 is 0 Å². The lowest BCUT2D eigenvalue weighted by molar-refractivity contribution is -0.119. The van der Waals surface area contributed by atoms with Gasteiger partial charge in [-0.3, -0.25) is 9.59 Å². The number of fused-ring (bicyclic) bond motifs is 1. The van der Waals surface area contributed by atoms with Crippen molar-refractivity contribution >= 4 is 16.8 Å². The molecule has 0 aliphatic carbocycles. The van der Waals surface area contributed by atoms with E-state index in [0.717, 1.165) is 5.56 Å². The molecule has 26 heavy (non-hydrogen) atoms. The number of amides is 1. The molecule has 7 nitrogen and oxygen atoms in total. The molecule has 3 rings (SSSR count). The van der Waals surface area contributed by atoms with Gasteiger partial charge in [0, 0.05) is 5.56 Å². The number of H-pyrrole nitrogens is 1. The molecule has 2 aromatic carbocycles. The first kappa shape index (κ1) is 17.5. The number of hydrogen-bond acceptors (Lipinski definition) is 5. The molecule has 0 fully saturated rings. The molecule has 0 atom stereocenters. The number of aromatic amines is 1. The Bertz CT molecular complexity index is 1030. The van der Waals surface area contributed by atoms with Crippen LogP contribution in [0.5, 0.6) is 11.5 Å². The van der Waals surface area contributed by atoms with Crippen LogP contribution in [0.25, 0.3) is 22.3 Å². The molecule has 0 aliphatic rings. The van der Waals surface area contributed by atoms with Crippen LogP contribution >= 0.6 is 0 Å². The molecule has 1 amide bonds. The van der Waals surface area contributed by atoms with Crippen molar-refractivity contribution in [1.29, 1.82) is 0 Å². The normalized spacial score (nSPS) is 10.7. The Hall–Kier alpha value is -3.35. The second-order valence-electron chi connectivity index (χ2n) is 5.79. The van der Waals surface area contributed by atoms with E-state index in [9.17, 15) is 9.59 Å². The number of carbonyl (C=O) groups is 1. The minimum atomic E-state index is -0.563. The fourth-order valence-electron chi connectivity index (χ4n) is 2.66. The van der Waals surface area contributed by atoms with E-state index in [1.807, 2.05) is 26.0 Å². The molecule has 1 heterocycles. The van der Waals surface area contributed by atoms with Crippen molar-refractivity contribution in [1.82, 2.24) is 9.97 Å². The number of primary amides is 1. The lowest BCUT2D eigenvalue weighted by atomic mass is 10.1. The predicted octanol–water partition coefficient (Wildman–Crippen LogP) is 2.16. The van der Waals surface area contributed by atoms with Crippen LogP contribution < -0.4 is 20.8 Å². The summed E-state index contributed by atoms with van der Waals surface area (Å²) in [6, 6.07) is 10.6. The minimum Gasteiger partial charge on any atom is -0.493 e. The molecular weight excluding hydrogens is 334 g/mol. The molecule has 3 N–H and O–H groups in total. The molecule has 7 heteroatoms. The third-order valence-corrected chi connectivity index (χ3v) is 3.71. The lowest BCUT2D eigenvalue weighted by Crippen LogP contribution is -2.20.